The third-order valence-corrected chi connectivity index (χ3v) is 7.17. The molecule has 2 aliphatic rings. The Morgan fingerprint density at radius 2 is 1.69 bits per heavy atom. The second-order valence-corrected chi connectivity index (χ2v) is 9.30. The van der Waals surface area contributed by atoms with Crippen LogP contribution in [0.2, 0.25) is 0 Å². The van der Waals surface area contributed by atoms with Crippen LogP contribution < -0.4 is 0 Å². The first-order valence-electron chi connectivity index (χ1n) is 9.47. The molecule has 1 aromatic rings. The highest BCUT2D eigenvalue weighted by molar-refractivity contribution is 7.89. The van der Waals surface area contributed by atoms with Crippen molar-refractivity contribution in [1.82, 2.24) is 9.21 Å². The van der Waals surface area contributed by atoms with E-state index in [-0.39, 0.29) is 23.6 Å². The first-order chi connectivity index (χ1) is 12.5. The van der Waals surface area contributed by atoms with Gasteiger partial charge in [0.2, 0.25) is 10.0 Å². The maximum absolute atomic E-state index is 12.6. The van der Waals surface area contributed by atoms with E-state index >= 15 is 0 Å². The standard InChI is InChI=1S/C19H28N2O4S/c1-20(26(23,24)18-12-8-5-9-13-18)14-17-15-21(19(22)25-17)16-10-6-3-2-4-7-11-16/h5,8-9,12-13,16-17H,2-4,6-7,10-11,14-15H2,1H3/t17-/m1/s1. The first kappa shape index (κ1) is 19.2. The van der Waals surface area contributed by atoms with Crippen LogP contribution in [0.4, 0.5) is 4.79 Å². The van der Waals surface area contributed by atoms with Crippen LogP contribution in [0.25, 0.3) is 0 Å². The topological polar surface area (TPSA) is 66.9 Å². The third kappa shape index (κ3) is 4.38. The molecule has 3 rings (SSSR count). The molecule has 1 atom stereocenters. The lowest BCUT2D eigenvalue weighted by Gasteiger charge is -2.27. The molecule has 0 radical (unpaired) electrons. The Bertz CT molecular complexity index is 700. The van der Waals surface area contributed by atoms with Crippen molar-refractivity contribution in [1.29, 1.82) is 0 Å². The van der Waals surface area contributed by atoms with E-state index in [2.05, 4.69) is 0 Å². The molecule has 0 bridgehead atoms. The van der Waals surface area contributed by atoms with Gasteiger partial charge in [0.05, 0.1) is 18.0 Å². The van der Waals surface area contributed by atoms with Crippen LogP contribution in [0.3, 0.4) is 0 Å². The number of ether oxygens (including phenoxy) is 1. The van der Waals surface area contributed by atoms with Crippen molar-refractivity contribution >= 4 is 16.1 Å². The normalized spacial score (nSPS) is 22.9. The zero-order valence-electron chi connectivity index (χ0n) is 15.3. The minimum Gasteiger partial charge on any atom is -0.443 e. The van der Waals surface area contributed by atoms with Crippen LogP contribution in [0, 0.1) is 0 Å². The first-order valence-corrected chi connectivity index (χ1v) is 10.9. The summed E-state index contributed by atoms with van der Waals surface area (Å²) in [7, 11) is -2.04. The average molecular weight is 381 g/mol. The lowest BCUT2D eigenvalue weighted by molar-refractivity contribution is 0.119. The van der Waals surface area contributed by atoms with E-state index in [4.69, 9.17) is 4.74 Å². The number of carbonyl (C=O) groups excluding carboxylic acids is 1. The minimum atomic E-state index is -3.57. The van der Waals surface area contributed by atoms with Crippen LogP contribution in [0.5, 0.6) is 0 Å². The Hall–Kier alpha value is -1.60. The number of hydrogen-bond donors (Lipinski definition) is 0. The molecule has 0 N–H and O–H groups in total. The van der Waals surface area contributed by atoms with Gasteiger partial charge in [-0.05, 0) is 25.0 Å². The van der Waals surface area contributed by atoms with Gasteiger partial charge in [-0.15, -0.1) is 0 Å². The summed E-state index contributed by atoms with van der Waals surface area (Å²) in [5.74, 6) is 0. The van der Waals surface area contributed by atoms with Crippen molar-refractivity contribution in [2.75, 3.05) is 20.1 Å². The Balaban J connectivity index is 1.61. The summed E-state index contributed by atoms with van der Waals surface area (Å²) in [6.07, 6.45) is 7.31. The highest BCUT2D eigenvalue weighted by atomic mass is 32.2. The van der Waals surface area contributed by atoms with E-state index in [1.54, 1.807) is 30.3 Å². The molecule has 144 valence electrons. The van der Waals surface area contributed by atoms with Crippen LogP contribution in [0.15, 0.2) is 35.2 Å². The Morgan fingerprint density at radius 1 is 1.08 bits per heavy atom. The van der Waals surface area contributed by atoms with E-state index in [0.29, 0.717) is 6.54 Å². The van der Waals surface area contributed by atoms with Crippen molar-refractivity contribution < 1.29 is 17.9 Å². The van der Waals surface area contributed by atoms with Gasteiger partial charge in [0.1, 0.15) is 6.10 Å². The summed E-state index contributed by atoms with van der Waals surface area (Å²) in [6.45, 7) is 0.643. The number of carbonyl (C=O) groups is 1. The fourth-order valence-corrected chi connectivity index (χ4v) is 5.06. The summed E-state index contributed by atoms with van der Waals surface area (Å²) in [5.41, 5.74) is 0. The van der Waals surface area contributed by atoms with Crippen LogP contribution in [0.1, 0.15) is 44.9 Å². The summed E-state index contributed by atoms with van der Waals surface area (Å²) in [6, 6.07) is 8.56. The molecule has 6 nitrogen and oxygen atoms in total. The lowest BCUT2D eigenvalue weighted by Crippen LogP contribution is -2.39. The molecular weight excluding hydrogens is 352 g/mol. The van der Waals surface area contributed by atoms with Gasteiger partial charge in [-0.1, -0.05) is 50.3 Å². The summed E-state index contributed by atoms with van der Waals surface area (Å²) in [5, 5.41) is 0. The molecule has 1 heterocycles. The summed E-state index contributed by atoms with van der Waals surface area (Å²) >= 11 is 0. The van der Waals surface area contributed by atoms with Crippen molar-refractivity contribution in [2.24, 2.45) is 0 Å². The molecule has 1 amide bonds. The Kier molecular flexibility index (Phi) is 6.19. The zero-order valence-corrected chi connectivity index (χ0v) is 16.2. The van der Waals surface area contributed by atoms with Gasteiger partial charge in [0.25, 0.3) is 0 Å². The largest absolute Gasteiger partial charge is 0.443 e. The number of nitrogens with zero attached hydrogens (tertiary/aromatic N) is 2. The number of benzene rings is 1. The molecule has 0 aromatic heterocycles. The summed E-state index contributed by atoms with van der Waals surface area (Å²) in [4.78, 5) is 14.4. The lowest BCUT2D eigenvalue weighted by atomic mass is 9.96. The molecule has 1 aliphatic heterocycles. The zero-order chi connectivity index (χ0) is 18.6. The van der Waals surface area contributed by atoms with Crippen molar-refractivity contribution in [2.45, 2.75) is 62.0 Å². The number of likely N-dealkylation sites (N-methyl/N-ethyl adjacent to an activating group) is 1. The minimum absolute atomic E-state index is 0.173. The van der Waals surface area contributed by atoms with Crippen molar-refractivity contribution in [3.8, 4) is 0 Å². The molecule has 2 fully saturated rings. The number of rotatable bonds is 5. The van der Waals surface area contributed by atoms with E-state index in [1.807, 2.05) is 4.90 Å². The van der Waals surface area contributed by atoms with Crippen LogP contribution in [-0.2, 0) is 14.8 Å². The van der Waals surface area contributed by atoms with E-state index < -0.39 is 16.1 Å². The van der Waals surface area contributed by atoms with Crippen LogP contribution >= 0.6 is 0 Å². The van der Waals surface area contributed by atoms with Gasteiger partial charge >= 0.3 is 6.09 Å². The van der Waals surface area contributed by atoms with E-state index in [0.717, 1.165) is 25.7 Å². The maximum atomic E-state index is 12.6. The third-order valence-electron chi connectivity index (χ3n) is 5.33. The molecule has 26 heavy (non-hydrogen) atoms. The molecule has 1 saturated heterocycles. The molecule has 7 heteroatoms. The molecule has 0 spiro atoms. The van der Waals surface area contributed by atoms with Gasteiger partial charge in [0.15, 0.2) is 0 Å². The van der Waals surface area contributed by atoms with E-state index in [9.17, 15) is 13.2 Å². The fourth-order valence-electron chi connectivity index (χ4n) is 3.84. The average Bonchev–Trinajstić information content (AvgIpc) is 2.95. The number of sulfonamides is 1. The number of cyclic esters (lactones) is 1. The monoisotopic (exact) mass is 380 g/mol. The Morgan fingerprint density at radius 3 is 2.35 bits per heavy atom. The maximum Gasteiger partial charge on any atom is 0.410 e. The molecule has 1 aromatic carbocycles. The predicted molar refractivity (Wildman–Crippen MR) is 99.3 cm³/mol. The van der Waals surface area contributed by atoms with Gasteiger partial charge < -0.3 is 9.64 Å². The van der Waals surface area contributed by atoms with Gasteiger partial charge in [-0.2, -0.15) is 4.31 Å². The number of hydrogen-bond acceptors (Lipinski definition) is 4. The highest BCUT2D eigenvalue weighted by Crippen LogP contribution is 2.26. The molecule has 1 saturated carbocycles. The van der Waals surface area contributed by atoms with Gasteiger partial charge in [-0.25, -0.2) is 13.2 Å². The van der Waals surface area contributed by atoms with Crippen LogP contribution in [-0.4, -0.2) is 56.0 Å². The molecular formula is C19H28N2O4S. The molecule has 1 aliphatic carbocycles. The summed E-state index contributed by atoms with van der Waals surface area (Å²) < 4.78 is 32.0. The van der Waals surface area contributed by atoms with Crippen molar-refractivity contribution in [3.63, 3.8) is 0 Å². The smallest absolute Gasteiger partial charge is 0.410 e. The fraction of sp³-hybridized carbons (Fsp3) is 0.632. The highest BCUT2D eigenvalue weighted by Gasteiger charge is 2.37. The van der Waals surface area contributed by atoms with Gasteiger partial charge in [-0.3, -0.25) is 0 Å². The second kappa shape index (κ2) is 8.39. The van der Waals surface area contributed by atoms with Gasteiger partial charge in [0, 0.05) is 13.1 Å². The number of amides is 1. The quantitative estimate of drug-likeness (QED) is 0.786. The predicted octanol–water partition coefficient (Wildman–Crippen LogP) is 3.24. The Labute approximate surface area is 156 Å². The second-order valence-electron chi connectivity index (χ2n) is 7.26. The van der Waals surface area contributed by atoms with Crippen molar-refractivity contribution in [3.05, 3.63) is 30.3 Å². The SMILES string of the molecule is CN(C[C@@H]1CN(C2CCCCCCC2)C(=O)O1)S(=O)(=O)c1ccccc1. The molecule has 0 unspecified atom stereocenters. The van der Waals surface area contributed by atoms with E-state index in [1.165, 1.54) is 30.6 Å².